The van der Waals surface area contributed by atoms with Gasteiger partial charge in [-0.3, -0.25) is 4.79 Å². The third kappa shape index (κ3) is 6.54. The lowest BCUT2D eigenvalue weighted by Gasteiger charge is -2.11. The van der Waals surface area contributed by atoms with Gasteiger partial charge in [0.2, 0.25) is 5.91 Å². The first-order valence-corrected chi connectivity index (χ1v) is 4.62. The van der Waals surface area contributed by atoms with E-state index in [9.17, 15) is 4.79 Å². The summed E-state index contributed by atoms with van der Waals surface area (Å²) in [6, 6.07) is 0. The van der Waals surface area contributed by atoms with Crippen LogP contribution >= 0.6 is 0 Å². The second-order valence-corrected chi connectivity index (χ2v) is 3.58. The largest absolute Gasteiger partial charge is 0.396 e. The Labute approximate surface area is 79.7 Å². The number of nitrogens with two attached hydrogens (primary N) is 1. The summed E-state index contributed by atoms with van der Waals surface area (Å²) in [6.45, 7) is 0.883. The van der Waals surface area contributed by atoms with E-state index in [0.717, 1.165) is 19.4 Å². The maximum absolute atomic E-state index is 10.7. The Morgan fingerprint density at radius 2 is 2.08 bits per heavy atom. The fourth-order valence-electron chi connectivity index (χ4n) is 1.14. The molecule has 0 aliphatic carbocycles. The number of aliphatic hydroxyl groups is 1. The van der Waals surface area contributed by atoms with Crippen molar-refractivity contribution in [2.75, 3.05) is 27.2 Å². The van der Waals surface area contributed by atoms with Gasteiger partial charge in [0.15, 0.2) is 0 Å². The summed E-state index contributed by atoms with van der Waals surface area (Å²) >= 11 is 0. The van der Waals surface area contributed by atoms with Crippen molar-refractivity contribution in [1.82, 2.24) is 4.90 Å². The normalized spacial score (nSPS) is 13.2. The molecule has 0 aliphatic rings. The minimum atomic E-state index is -0.396. The minimum absolute atomic E-state index is 0.128. The van der Waals surface area contributed by atoms with Crippen LogP contribution in [0, 0.1) is 5.92 Å². The highest BCUT2D eigenvalue weighted by molar-refractivity contribution is 5.76. The monoisotopic (exact) mass is 188 g/mol. The van der Waals surface area contributed by atoms with Gasteiger partial charge in [0.25, 0.3) is 0 Å². The number of nitrogens with zero attached hydrogens (tertiary/aromatic N) is 1. The van der Waals surface area contributed by atoms with Gasteiger partial charge in [-0.1, -0.05) is 6.42 Å². The van der Waals surface area contributed by atoms with Crippen LogP contribution in [0.3, 0.4) is 0 Å². The summed E-state index contributed by atoms with van der Waals surface area (Å²) in [6.07, 6.45) is 2.67. The van der Waals surface area contributed by atoms with Crippen molar-refractivity contribution in [3.63, 3.8) is 0 Å². The smallest absolute Gasteiger partial charge is 0.222 e. The summed E-state index contributed by atoms with van der Waals surface area (Å²) in [4.78, 5) is 12.8. The lowest BCUT2D eigenvalue weighted by Crippen LogP contribution is -2.26. The Balaban J connectivity index is 3.44. The molecular formula is C9H20N2O2. The SMILES string of the molecule is CN(C)CCCCC(CO)C(N)=O. The average Bonchev–Trinajstić information content (AvgIpc) is 2.03. The van der Waals surface area contributed by atoms with Gasteiger partial charge >= 0.3 is 0 Å². The first kappa shape index (κ1) is 12.4. The van der Waals surface area contributed by atoms with Crippen LogP contribution in [0.15, 0.2) is 0 Å². The molecule has 0 radical (unpaired) electrons. The molecule has 1 atom stereocenters. The third-order valence-corrected chi connectivity index (χ3v) is 2.03. The fraction of sp³-hybridized carbons (Fsp3) is 0.889. The highest BCUT2D eigenvalue weighted by atomic mass is 16.3. The molecule has 0 aromatic rings. The molecule has 1 amide bonds. The van der Waals surface area contributed by atoms with Gasteiger partial charge in [-0.25, -0.2) is 0 Å². The van der Waals surface area contributed by atoms with Crippen molar-refractivity contribution in [2.45, 2.75) is 19.3 Å². The summed E-state index contributed by atoms with van der Waals surface area (Å²) in [5, 5.41) is 8.79. The average molecular weight is 188 g/mol. The molecule has 1 unspecified atom stereocenters. The van der Waals surface area contributed by atoms with Gasteiger partial charge in [-0.15, -0.1) is 0 Å². The first-order chi connectivity index (χ1) is 6.07. The van der Waals surface area contributed by atoms with E-state index in [2.05, 4.69) is 4.90 Å². The molecule has 0 saturated carbocycles. The topological polar surface area (TPSA) is 66.6 Å². The molecule has 0 heterocycles. The van der Waals surface area contributed by atoms with Gasteiger partial charge in [-0.05, 0) is 33.5 Å². The zero-order chi connectivity index (χ0) is 10.3. The first-order valence-electron chi connectivity index (χ1n) is 4.62. The van der Waals surface area contributed by atoms with E-state index in [1.54, 1.807) is 0 Å². The van der Waals surface area contributed by atoms with Gasteiger partial charge in [0, 0.05) is 0 Å². The number of unbranched alkanes of at least 4 members (excludes halogenated alkanes) is 1. The molecule has 0 bridgehead atoms. The molecule has 0 aromatic carbocycles. The van der Waals surface area contributed by atoms with E-state index < -0.39 is 5.91 Å². The summed E-state index contributed by atoms with van der Waals surface area (Å²) in [5.41, 5.74) is 5.08. The lowest BCUT2D eigenvalue weighted by atomic mass is 10.0. The van der Waals surface area contributed by atoms with Crippen LogP contribution in [0.5, 0.6) is 0 Å². The number of amides is 1. The fourth-order valence-corrected chi connectivity index (χ4v) is 1.14. The number of aliphatic hydroxyl groups excluding tert-OH is 1. The van der Waals surface area contributed by atoms with Crippen LogP contribution in [-0.2, 0) is 4.79 Å². The van der Waals surface area contributed by atoms with Gasteiger partial charge in [-0.2, -0.15) is 0 Å². The van der Waals surface area contributed by atoms with Crippen LogP contribution in [0.4, 0.5) is 0 Å². The van der Waals surface area contributed by atoms with Crippen molar-refractivity contribution < 1.29 is 9.90 Å². The van der Waals surface area contributed by atoms with E-state index in [0.29, 0.717) is 6.42 Å². The minimum Gasteiger partial charge on any atom is -0.396 e. The van der Waals surface area contributed by atoms with Crippen molar-refractivity contribution in [1.29, 1.82) is 0 Å². The molecule has 3 N–H and O–H groups in total. The highest BCUT2D eigenvalue weighted by Crippen LogP contribution is 2.07. The summed E-state index contributed by atoms with van der Waals surface area (Å²) in [7, 11) is 4.02. The van der Waals surface area contributed by atoms with Crippen molar-refractivity contribution >= 4 is 5.91 Å². The molecule has 13 heavy (non-hydrogen) atoms. The number of carbonyl (C=O) groups excluding carboxylic acids is 1. The predicted molar refractivity (Wildman–Crippen MR) is 52.2 cm³/mol. The number of hydrogen-bond donors (Lipinski definition) is 2. The highest BCUT2D eigenvalue weighted by Gasteiger charge is 2.12. The van der Waals surface area contributed by atoms with E-state index in [1.807, 2.05) is 14.1 Å². The quantitative estimate of drug-likeness (QED) is 0.544. The van der Waals surface area contributed by atoms with Crippen molar-refractivity contribution in [3.05, 3.63) is 0 Å². The van der Waals surface area contributed by atoms with E-state index in [1.165, 1.54) is 0 Å². The predicted octanol–water partition coefficient (Wildman–Crippen LogP) is -0.188. The number of rotatable bonds is 7. The molecule has 0 aromatic heterocycles. The number of hydrogen-bond acceptors (Lipinski definition) is 3. The Morgan fingerprint density at radius 3 is 2.46 bits per heavy atom. The Morgan fingerprint density at radius 1 is 1.46 bits per heavy atom. The summed E-state index contributed by atoms with van der Waals surface area (Å²) < 4.78 is 0. The van der Waals surface area contributed by atoms with Crippen molar-refractivity contribution in [2.24, 2.45) is 11.7 Å². The maximum atomic E-state index is 10.7. The van der Waals surface area contributed by atoms with Gasteiger partial charge in [0.1, 0.15) is 0 Å². The zero-order valence-corrected chi connectivity index (χ0v) is 8.49. The molecule has 0 saturated heterocycles. The molecule has 0 spiro atoms. The second kappa shape index (κ2) is 6.86. The molecule has 0 aliphatic heterocycles. The lowest BCUT2D eigenvalue weighted by molar-refractivity contribution is -0.123. The zero-order valence-electron chi connectivity index (χ0n) is 8.49. The van der Waals surface area contributed by atoms with Crippen LogP contribution in [-0.4, -0.2) is 43.2 Å². The Kier molecular flexibility index (Phi) is 6.54. The molecule has 0 rings (SSSR count). The molecular weight excluding hydrogens is 168 g/mol. The number of primary amides is 1. The molecule has 4 heteroatoms. The van der Waals surface area contributed by atoms with Crippen LogP contribution < -0.4 is 5.73 Å². The van der Waals surface area contributed by atoms with Crippen LogP contribution in [0.1, 0.15) is 19.3 Å². The van der Waals surface area contributed by atoms with Crippen molar-refractivity contribution in [3.8, 4) is 0 Å². The molecule has 0 fully saturated rings. The third-order valence-electron chi connectivity index (χ3n) is 2.03. The maximum Gasteiger partial charge on any atom is 0.222 e. The van der Waals surface area contributed by atoms with E-state index in [-0.39, 0.29) is 12.5 Å². The summed E-state index contributed by atoms with van der Waals surface area (Å²) in [5.74, 6) is -0.755. The number of carbonyl (C=O) groups is 1. The second-order valence-electron chi connectivity index (χ2n) is 3.58. The Hall–Kier alpha value is -0.610. The standard InChI is InChI=1S/C9H20N2O2/c1-11(2)6-4-3-5-8(7-12)9(10)13/h8,12H,3-7H2,1-2H3,(H2,10,13). The molecule has 4 nitrogen and oxygen atoms in total. The van der Waals surface area contributed by atoms with E-state index in [4.69, 9.17) is 10.8 Å². The van der Waals surface area contributed by atoms with Gasteiger partial charge in [0.05, 0.1) is 12.5 Å². The molecule has 78 valence electrons. The van der Waals surface area contributed by atoms with Crippen LogP contribution in [0.25, 0.3) is 0 Å². The Bertz CT molecular complexity index is 149. The van der Waals surface area contributed by atoms with E-state index >= 15 is 0 Å². The van der Waals surface area contributed by atoms with Crippen LogP contribution in [0.2, 0.25) is 0 Å². The van der Waals surface area contributed by atoms with Gasteiger partial charge < -0.3 is 15.7 Å².